The molecule has 0 aliphatic heterocycles. The van der Waals surface area contributed by atoms with Crippen LogP contribution in [0.25, 0.3) is 10.8 Å². The molecule has 0 aliphatic rings. The Balaban J connectivity index is 2.09. The van der Waals surface area contributed by atoms with Crippen molar-refractivity contribution >= 4 is 16.7 Å². The molecule has 3 aromatic rings. The molecule has 0 saturated heterocycles. The number of hydrogen-bond donors (Lipinski definition) is 1. The predicted molar refractivity (Wildman–Crippen MR) is 67.5 cm³/mol. The van der Waals surface area contributed by atoms with Gasteiger partial charge in [0.2, 0.25) is 0 Å². The Morgan fingerprint density at radius 1 is 1.18 bits per heavy atom. The smallest absolute Gasteiger partial charge is 0.200 e. The average molecular weight is 224 g/mol. The molecule has 0 saturated carbocycles. The van der Waals surface area contributed by atoms with Crippen molar-refractivity contribution in [1.82, 2.24) is 14.5 Å². The van der Waals surface area contributed by atoms with E-state index in [-0.39, 0.29) is 0 Å². The Labute approximate surface area is 98.7 Å². The Morgan fingerprint density at radius 2 is 2.06 bits per heavy atom. The van der Waals surface area contributed by atoms with Gasteiger partial charge in [0.1, 0.15) is 0 Å². The van der Waals surface area contributed by atoms with Crippen LogP contribution >= 0.6 is 0 Å². The number of fused-ring (bicyclic) bond motifs is 1. The quantitative estimate of drug-likeness (QED) is 0.724. The Morgan fingerprint density at radius 3 is 2.88 bits per heavy atom. The minimum Gasteiger partial charge on any atom is -0.369 e. The zero-order valence-electron chi connectivity index (χ0n) is 9.24. The molecule has 0 aliphatic carbocycles. The summed E-state index contributed by atoms with van der Waals surface area (Å²) >= 11 is 0. The number of nitrogen functional groups attached to an aromatic ring is 1. The highest BCUT2D eigenvalue weighted by Gasteiger charge is 2.03. The number of pyridine rings is 1. The van der Waals surface area contributed by atoms with Gasteiger partial charge < -0.3 is 10.3 Å². The maximum absolute atomic E-state index is 5.76. The largest absolute Gasteiger partial charge is 0.369 e. The number of anilines is 1. The number of nitrogens with zero attached hydrogens (tertiary/aromatic N) is 3. The molecule has 2 heterocycles. The van der Waals surface area contributed by atoms with Gasteiger partial charge in [0.25, 0.3) is 0 Å². The summed E-state index contributed by atoms with van der Waals surface area (Å²) in [5.74, 6) is 0.526. The van der Waals surface area contributed by atoms with Gasteiger partial charge >= 0.3 is 0 Å². The number of imidazole rings is 1. The van der Waals surface area contributed by atoms with E-state index in [1.807, 2.05) is 35.3 Å². The van der Waals surface area contributed by atoms with Gasteiger partial charge in [0, 0.05) is 30.2 Å². The summed E-state index contributed by atoms with van der Waals surface area (Å²) in [6.45, 7) is 0.695. The van der Waals surface area contributed by atoms with E-state index in [0.717, 1.165) is 10.9 Å². The van der Waals surface area contributed by atoms with Gasteiger partial charge in [0.05, 0.1) is 6.54 Å². The van der Waals surface area contributed by atoms with Crippen LogP contribution in [-0.4, -0.2) is 14.5 Å². The lowest BCUT2D eigenvalue weighted by molar-refractivity contribution is 0.813. The van der Waals surface area contributed by atoms with E-state index >= 15 is 0 Å². The summed E-state index contributed by atoms with van der Waals surface area (Å²) in [7, 11) is 0. The molecule has 0 spiro atoms. The number of rotatable bonds is 2. The van der Waals surface area contributed by atoms with Crippen molar-refractivity contribution in [3.8, 4) is 0 Å². The lowest BCUT2D eigenvalue weighted by atomic mass is 10.1. The molecule has 0 fully saturated rings. The third kappa shape index (κ3) is 1.73. The van der Waals surface area contributed by atoms with Crippen LogP contribution in [0.5, 0.6) is 0 Å². The number of benzene rings is 1. The van der Waals surface area contributed by atoms with E-state index in [2.05, 4.69) is 22.1 Å². The summed E-state index contributed by atoms with van der Waals surface area (Å²) in [6.07, 6.45) is 7.32. The first-order valence-electron chi connectivity index (χ1n) is 5.43. The van der Waals surface area contributed by atoms with Gasteiger partial charge in [-0.05, 0) is 10.9 Å². The van der Waals surface area contributed by atoms with Crippen molar-refractivity contribution in [2.75, 3.05) is 5.73 Å². The molecule has 0 bridgehead atoms. The van der Waals surface area contributed by atoms with Gasteiger partial charge in [0.15, 0.2) is 5.95 Å². The first kappa shape index (κ1) is 9.84. The molecule has 0 atom stereocenters. The highest BCUT2D eigenvalue weighted by Crippen LogP contribution is 2.18. The van der Waals surface area contributed by atoms with E-state index in [0.29, 0.717) is 12.5 Å². The topological polar surface area (TPSA) is 56.7 Å². The van der Waals surface area contributed by atoms with E-state index < -0.39 is 0 Å². The summed E-state index contributed by atoms with van der Waals surface area (Å²) in [5.41, 5.74) is 6.91. The van der Waals surface area contributed by atoms with E-state index in [9.17, 15) is 0 Å². The standard InChI is InChI=1S/C13H12N4/c14-13-16-5-6-17(13)9-11-8-15-7-10-3-1-2-4-12(10)11/h1-8H,9H2,(H2,14,16). The Bertz CT molecular complexity index is 652. The molecule has 0 amide bonds. The molecule has 0 unspecified atom stereocenters. The van der Waals surface area contributed by atoms with Crippen LogP contribution in [0, 0.1) is 0 Å². The van der Waals surface area contributed by atoms with Gasteiger partial charge in [-0.3, -0.25) is 4.98 Å². The molecular weight excluding hydrogens is 212 g/mol. The monoisotopic (exact) mass is 224 g/mol. The van der Waals surface area contributed by atoms with Gasteiger partial charge in [-0.1, -0.05) is 24.3 Å². The van der Waals surface area contributed by atoms with Crippen molar-refractivity contribution in [2.45, 2.75) is 6.54 Å². The molecule has 2 N–H and O–H groups in total. The van der Waals surface area contributed by atoms with Crippen LogP contribution in [0.2, 0.25) is 0 Å². The minimum absolute atomic E-state index is 0.526. The number of aromatic nitrogens is 3. The van der Waals surface area contributed by atoms with Crippen molar-refractivity contribution in [3.05, 3.63) is 54.6 Å². The predicted octanol–water partition coefficient (Wildman–Crippen LogP) is 2.06. The minimum atomic E-state index is 0.526. The van der Waals surface area contributed by atoms with Gasteiger partial charge in [-0.25, -0.2) is 4.98 Å². The molecule has 84 valence electrons. The summed E-state index contributed by atoms with van der Waals surface area (Å²) in [4.78, 5) is 8.26. The fourth-order valence-electron chi connectivity index (χ4n) is 1.96. The third-order valence-electron chi connectivity index (χ3n) is 2.84. The number of nitrogens with two attached hydrogens (primary N) is 1. The van der Waals surface area contributed by atoms with E-state index in [4.69, 9.17) is 5.73 Å². The van der Waals surface area contributed by atoms with Crippen molar-refractivity contribution < 1.29 is 0 Å². The molecule has 4 heteroatoms. The van der Waals surface area contributed by atoms with Crippen molar-refractivity contribution in [1.29, 1.82) is 0 Å². The fourth-order valence-corrected chi connectivity index (χ4v) is 1.96. The second kappa shape index (κ2) is 3.90. The maximum atomic E-state index is 5.76. The second-order valence-corrected chi connectivity index (χ2v) is 3.93. The molecule has 4 nitrogen and oxygen atoms in total. The molecule has 0 radical (unpaired) electrons. The number of hydrogen-bond acceptors (Lipinski definition) is 3. The lowest BCUT2D eigenvalue weighted by Gasteiger charge is -2.07. The maximum Gasteiger partial charge on any atom is 0.200 e. The zero-order valence-corrected chi connectivity index (χ0v) is 9.24. The molecule has 2 aromatic heterocycles. The van der Waals surface area contributed by atoms with Crippen LogP contribution < -0.4 is 5.73 Å². The average Bonchev–Trinajstić information content (AvgIpc) is 2.76. The van der Waals surface area contributed by atoms with Gasteiger partial charge in [-0.2, -0.15) is 0 Å². The van der Waals surface area contributed by atoms with E-state index in [1.54, 1.807) is 6.20 Å². The molecule has 17 heavy (non-hydrogen) atoms. The van der Waals surface area contributed by atoms with Crippen LogP contribution in [-0.2, 0) is 6.54 Å². The summed E-state index contributed by atoms with van der Waals surface area (Å²) < 4.78 is 1.91. The third-order valence-corrected chi connectivity index (χ3v) is 2.84. The summed E-state index contributed by atoms with van der Waals surface area (Å²) in [5, 5.41) is 2.35. The SMILES string of the molecule is Nc1nccn1Cc1cncc2ccccc12. The highest BCUT2D eigenvalue weighted by atomic mass is 15.1. The Kier molecular flexibility index (Phi) is 2.26. The van der Waals surface area contributed by atoms with Crippen LogP contribution in [0.1, 0.15) is 5.56 Å². The van der Waals surface area contributed by atoms with Crippen LogP contribution in [0.15, 0.2) is 49.1 Å². The molecule has 3 rings (SSSR count). The van der Waals surface area contributed by atoms with Crippen LogP contribution in [0.4, 0.5) is 5.95 Å². The molecular formula is C13H12N4. The molecule has 1 aromatic carbocycles. The van der Waals surface area contributed by atoms with Crippen LogP contribution in [0.3, 0.4) is 0 Å². The lowest BCUT2D eigenvalue weighted by Crippen LogP contribution is -2.04. The van der Waals surface area contributed by atoms with Gasteiger partial charge in [-0.15, -0.1) is 0 Å². The van der Waals surface area contributed by atoms with E-state index in [1.165, 1.54) is 5.39 Å². The Hall–Kier alpha value is -2.36. The van der Waals surface area contributed by atoms with Crippen molar-refractivity contribution in [2.24, 2.45) is 0 Å². The first-order valence-corrected chi connectivity index (χ1v) is 5.43. The first-order chi connectivity index (χ1) is 8.34. The normalized spacial score (nSPS) is 10.8. The highest BCUT2D eigenvalue weighted by molar-refractivity contribution is 5.84. The second-order valence-electron chi connectivity index (χ2n) is 3.93. The fraction of sp³-hybridized carbons (Fsp3) is 0.0769. The summed E-state index contributed by atoms with van der Waals surface area (Å²) in [6, 6.07) is 8.20. The zero-order chi connectivity index (χ0) is 11.7. The van der Waals surface area contributed by atoms with Crippen molar-refractivity contribution in [3.63, 3.8) is 0 Å².